The third-order valence-corrected chi connectivity index (χ3v) is 3.18. The highest BCUT2D eigenvalue weighted by molar-refractivity contribution is 6.06. The van der Waals surface area contributed by atoms with Gasteiger partial charge in [-0.1, -0.05) is 0 Å². The first-order valence-corrected chi connectivity index (χ1v) is 6.73. The van der Waals surface area contributed by atoms with Crippen LogP contribution in [0.25, 0.3) is 0 Å². The van der Waals surface area contributed by atoms with Gasteiger partial charge in [0.1, 0.15) is 17.6 Å². The fourth-order valence-corrected chi connectivity index (χ4v) is 2.06. The van der Waals surface area contributed by atoms with Gasteiger partial charge in [0, 0.05) is 6.54 Å². The molecule has 0 unspecified atom stereocenters. The number of rotatable bonds is 6. The van der Waals surface area contributed by atoms with E-state index in [9.17, 15) is 25.0 Å². The Morgan fingerprint density at radius 2 is 1.96 bits per heavy atom. The fraction of sp³-hybridized carbons (Fsp3) is 0.231. The molecule has 0 fully saturated rings. The molecule has 0 spiro atoms. The predicted molar refractivity (Wildman–Crippen MR) is 82.2 cm³/mol. The molecule has 126 valence electrons. The highest BCUT2D eigenvalue weighted by Gasteiger charge is 2.28. The zero-order valence-corrected chi connectivity index (χ0v) is 12.8. The zero-order chi connectivity index (χ0) is 17.9. The van der Waals surface area contributed by atoms with Gasteiger partial charge >= 0.3 is 5.69 Å². The Morgan fingerprint density at radius 3 is 2.50 bits per heavy atom. The summed E-state index contributed by atoms with van der Waals surface area (Å²) in [4.78, 5) is 33.1. The maximum Gasteiger partial charge on any atom is 0.320 e. The van der Waals surface area contributed by atoms with Crippen molar-refractivity contribution in [3.63, 3.8) is 0 Å². The van der Waals surface area contributed by atoms with Crippen LogP contribution in [0.4, 0.5) is 17.1 Å². The summed E-state index contributed by atoms with van der Waals surface area (Å²) in [5, 5.41) is 28.2. The van der Waals surface area contributed by atoms with Crippen LogP contribution >= 0.6 is 0 Å². The first-order chi connectivity index (χ1) is 11.4. The number of anilines is 1. The number of carbonyl (C=O) groups excluding carboxylic acids is 1. The predicted octanol–water partition coefficient (Wildman–Crippen LogP) is 1.98. The highest BCUT2D eigenvalue weighted by atomic mass is 16.6. The first kappa shape index (κ1) is 16.9. The second-order valence-corrected chi connectivity index (χ2v) is 4.55. The Labute approximate surface area is 135 Å². The number of methoxy groups -OCH3 is 1. The lowest BCUT2D eigenvalue weighted by Crippen LogP contribution is -2.19. The van der Waals surface area contributed by atoms with Gasteiger partial charge in [-0.25, -0.2) is 0 Å². The number of amides is 1. The SMILES string of the molecule is CCn1ncc([N+](=O)[O-])c1C(=O)Nc1ccc(OC)cc1[N+](=O)[O-]. The van der Waals surface area contributed by atoms with E-state index in [4.69, 9.17) is 4.74 Å². The number of aromatic nitrogens is 2. The van der Waals surface area contributed by atoms with Crippen molar-refractivity contribution in [2.75, 3.05) is 12.4 Å². The molecule has 1 heterocycles. The summed E-state index contributed by atoms with van der Waals surface area (Å²) in [6, 6.07) is 3.85. The topological polar surface area (TPSA) is 142 Å². The van der Waals surface area contributed by atoms with Gasteiger partial charge in [-0.05, 0) is 19.1 Å². The Hall–Kier alpha value is -3.50. The standard InChI is InChI=1S/C13H13N5O6/c1-3-16-12(11(7-14-16)18(22)23)13(19)15-9-5-4-8(24-2)6-10(9)17(20)21/h4-7H,3H2,1-2H3,(H,15,19). The lowest BCUT2D eigenvalue weighted by Gasteiger charge is -2.08. The van der Waals surface area contributed by atoms with Gasteiger partial charge in [0.25, 0.3) is 11.6 Å². The maximum atomic E-state index is 12.4. The molecule has 0 aliphatic heterocycles. The van der Waals surface area contributed by atoms with Crippen molar-refractivity contribution in [3.8, 4) is 5.75 Å². The second-order valence-electron chi connectivity index (χ2n) is 4.55. The minimum absolute atomic E-state index is 0.107. The smallest absolute Gasteiger partial charge is 0.320 e. The van der Waals surface area contributed by atoms with E-state index in [2.05, 4.69) is 10.4 Å². The van der Waals surface area contributed by atoms with E-state index in [0.29, 0.717) is 0 Å². The summed E-state index contributed by atoms with van der Waals surface area (Å²) >= 11 is 0. The normalized spacial score (nSPS) is 10.2. The molecule has 2 rings (SSSR count). The summed E-state index contributed by atoms with van der Waals surface area (Å²) < 4.78 is 6.05. The van der Waals surface area contributed by atoms with E-state index in [1.165, 1.54) is 19.2 Å². The zero-order valence-electron chi connectivity index (χ0n) is 12.8. The molecule has 1 amide bonds. The van der Waals surface area contributed by atoms with Crippen LogP contribution in [0.2, 0.25) is 0 Å². The molecule has 1 N–H and O–H groups in total. The molecule has 2 aromatic rings. The number of aryl methyl sites for hydroxylation is 1. The summed E-state index contributed by atoms with van der Waals surface area (Å²) in [6.45, 7) is 1.88. The van der Waals surface area contributed by atoms with Crippen molar-refractivity contribution in [2.24, 2.45) is 0 Å². The van der Waals surface area contributed by atoms with Crippen LogP contribution in [0.1, 0.15) is 17.4 Å². The number of ether oxygens (including phenoxy) is 1. The molecular formula is C13H13N5O6. The van der Waals surface area contributed by atoms with Crippen LogP contribution in [0.15, 0.2) is 24.4 Å². The number of nitro groups is 2. The van der Waals surface area contributed by atoms with Crippen molar-refractivity contribution < 1.29 is 19.4 Å². The summed E-state index contributed by atoms with van der Waals surface area (Å²) in [6.07, 6.45) is 0.959. The van der Waals surface area contributed by atoms with Crippen LogP contribution in [0.5, 0.6) is 5.75 Å². The molecule has 0 aliphatic carbocycles. The van der Waals surface area contributed by atoms with Crippen LogP contribution < -0.4 is 10.1 Å². The molecule has 11 nitrogen and oxygen atoms in total. The van der Waals surface area contributed by atoms with E-state index in [-0.39, 0.29) is 23.7 Å². The highest BCUT2D eigenvalue weighted by Crippen LogP contribution is 2.30. The van der Waals surface area contributed by atoms with Crippen molar-refractivity contribution in [1.82, 2.24) is 9.78 Å². The molecule has 0 bridgehead atoms. The number of hydrogen-bond donors (Lipinski definition) is 1. The monoisotopic (exact) mass is 335 g/mol. The van der Waals surface area contributed by atoms with Gasteiger partial charge < -0.3 is 10.1 Å². The average molecular weight is 335 g/mol. The van der Waals surface area contributed by atoms with Crippen molar-refractivity contribution in [1.29, 1.82) is 0 Å². The van der Waals surface area contributed by atoms with E-state index >= 15 is 0 Å². The van der Waals surface area contributed by atoms with Crippen molar-refractivity contribution >= 4 is 23.0 Å². The molecule has 1 aromatic carbocycles. The number of benzene rings is 1. The molecule has 0 saturated carbocycles. The number of hydrogen-bond acceptors (Lipinski definition) is 7. The largest absolute Gasteiger partial charge is 0.496 e. The van der Waals surface area contributed by atoms with Gasteiger partial charge in [-0.15, -0.1) is 0 Å². The summed E-state index contributed by atoms with van der Waals surface area (Å²) in [7, 11) is 1.35. The number of nitrogens with zero attached hydrogens (tertiary/aromatic N) is 4. The number of carbonyl (C=O) groups is 1. The van der Waals surface area contributed by atoms with Gasteiger partial charge in [-0.3, -0.25) is 29.7 Å². The minimum atomic E-state index is -0.866. The van der Waals surface area contributed by atoms with Gasteiger partial charge in [0.05, 0.1) is 23.0 Å². The third kappa shape index (κ3) is 3.14. The lowest BCUT2D eigenvalue weighted by atomic mass is 10.2. The Bertz CT molecular complexity index is 815. The molecule has 0 saturated heterocycles. The van der Waals surface area contributed by atoms with Gasteiger partial charge in [0.2, 0.25) is 5.69 Å². The molecule has 0 aliphatic rings. The third-order valence-electron chi connectivity index (χ3n) is 3.18. The van der Waals surface area contributed by atoms with E-state index in [1.807, 2.05) is 0 Å². The number of nitrogens with one attached hydrogen (secondary N) is 1. The maximum absolute atomic E-state index is 12.4. The lowest BCUT2D eigenvalue weighted by molar-refractivity contribution is -0.385. The average Bonchev–Trinajstić information content (AvgIpc) is 2.99. The Kier molecular flexibility index (Phi) is 4.73. The van der Waals surface area contributed by atoms with Crippen LogP contribution in [0.3, 0.4) is 0 Å². The summed E-state index contributed by atoms with van der Waals surface area (Å²) in [5.41, 5.74) is -1.27. The molecular weight excluding hydrogens is 322 g/mol. The van der Waals surface area contributed by atoms with Crippen molar-refractivity contribution in [3.05, 3.63) is 50.3 Å². The summed E-state index contributed by atoms with van der Waals surface area (Å²) in [5.74, 6) is -0.626. The van der Waals surface area contributed by atoms with E-state index < -0.39 is 27.1 Å². The molecule has 0 radical (unpaired) electrons. The van der Waals surface area contributed by atoms with E-state index in [1.54, 1.807) is 6.92 Å². The minimum Gasteiger partial charge on any atom is -0.496 e. The second kappa shape index (κ2) is 6.73. The van der Waals surface area contributed by atoms with Gasteiger partial charge in [-0.2, -0.15) is 5.10 Å². The van der Waals surface area contributed by atoms with Gasteiger partial charge in [0.15, 0.2) is 0 Å². The first-order valence-electron chi connectivity index (χ1n) is 6.73. The molecule has 1 aromatic heterocycles. The molecule has 11 heteroatoms. The fourth-order valence-electron chi connectivity index (χ4n) is 2.06. The molecule has 24 heavy (non-hydrogen) atoms. The number of nitro benzene ring substituents is 1. The van der Waals surface area contributed by atoms with Crippen molar-refractivity contribution in [2.45, 2.75) is 13.5 Å². The Balaban J connectivity index is 2.42. The van der Waals surface area contributed by atoms with E-state index in [0.717, 1.165) is 16.9 Å². The van der Waals surface area contributed by atoms with Crippen LogP contribution in [-0.2, 0) is 6.54 Å². The van der Waals surface area contributed by atoms with Crippen LogP contribution in [0, 0.1) is 20.2 Å². The Morgan fingerprint density at radius 1 is 1.29 bits per heavy atom. The van der Waals surface area contributed by atoms with Crippen LogP contribution in [-0.4, -0.2) is 32.6 Å². The molecule has 0 atom stereocenters. The quantitative estimate of drug-likeness (QED) is 0.628.